The van der Waals surface area contributed by atoms with Gasteiger partial charge < -0.3 is 10.2 Å². The SMILES string of the molecule is CCNC(C)c1ccc(N(C)Cc2ccc(C)cc2)nc1. The zero-order chi connectivity index (χ0) is 15.2. The molecule has 1 unspecified atom stereocenters. The van der Waals surface area contributed by atoms with Crippen molar-refractivity contribution in [2.75, 3.05) is 18.5 Å². The fourth-order valence-corrected chi connectivity index (χ4v) is 2.35. The van der Waals surface area contributed by atoms with E-state index in [1.54, 1.807) is 0 Å². The fraction of sp³-hybridized carbons (Fsp3) is 0.389. The standard InChI is InChI=1S/C18H25N3/c1-5-19-15(3)17-10-11-18(20-12-17)21(4)13-16-8-6-14(2)7-9-16/h6-12,15,19H,5,13H2,1-4H3. The van der Waals surface area contributed by atoms with Gasteiger partial charge in [-0.15, -0.1) is 0 Å². The van der Waals surface area contributed by atoms with Crippen LogP contribution < -0.4 is 10.2 Å². The van der Waals surface area contributed by atoms with Crippen LogP contribution in [0.3, 0.4) is 0 Å². The number of benzene rings is 1. The molecule has 0 saturated carbocycles. The van der Waals surface area contributed by atoms with Gasteiger partial charge in [0, 0.05) is 25.8 Å². The van der Waals surface area contributed by atoms with Gasteiger partial charge in [-0.2, -0.15) is 0 Å². The minimum absolute atomic E-state index is 0.346. The van der Waals surface area contributed by atoms with E-state index in [1.807, 2.05) is 6.20 Å². The first-order valence-corrected chi connectivity index (χ1v) is 7.56. The highest BCUT2D eigenvalue weighted by Crippen LogP contribution is 2.17. The molecule has 2 aromatic rings. The normalized spacial score (nSPS) is 12.2. The fourth-order valence-electron chi connectivity index (χ4n) is 2.35. The summed E-state index contributed by atoms with van der Waals surface area (Å²) in [7, 11) is 2.08. The van der Waals surface area contributed by atoms with E-state index in [4.69, 9.17) is 0 Å². The summed E-state index contributed by atoms with van der Waals surface area (Å²) in [6.45, 7) is 8.23. The molecule has 112 valence electrons. The highest BCUT2D eigenvalue weighted by atomic mass is 15.2. The molecule has 0 saturated heterocycles. The van der Waals surface area contributed by atoms with Gasteiger partial charge in [-0.3, -0.25) is 0 Å². The van der Waals surface area contributed by atoms with Crippen LogP contribution in [0, 0.1) is 6.92 Å². The first kappa shape index (κ1) is 15.5. The van der Waals surface area contributed by atoms with Crippen molar-refractivity contribution in [2.45, 2.75) is 33.4 Å². The zero-order valence-electron chi connectivity index (χ0n) is 13.4. The smallest absolute Gasteiger partial charge is 0.128 e. The number of hydrogen-bond acceptors (Lipinski definition) is 3. The lowest BCUT2D eigenvalue weighted by Crippen LogP contribution is -2.20. The Morgan fingerprint density at radius 3 is 2.43 bits per heavy atom. The molecule has 21 heavy (non-hydrogen) atoms. The largest absolute Gasteiger partial charge is 0.355 e. The first-order valence-electron chi connectivity index (χ1n) is 7.56. The monoisotopic (exact) mass is 283 g/mol. The second-order valence-corrected chi connectivity index (χ2v) is 5.57. The van der Waals surface area contributed by atoms with Gasteiger partial charge in [0.15, 0.2) is 0 Å². The average molecular weight is 283 g/mol. The quantitative estimate of drug-likeness (QED) is 0.876. The van der Waals surface area contributed by atoms with Crippen molar-refractivity contribution in [3.8, 4) is 0 Å². The molecule has 0 aliphatic carbocycles. The Kier molecular flexibility index (Phi) is 5.34. The number of aryl methyl sites for hydroxylation is 1. The molecule has 1 heterocycles. The summed E-state index contributed by atoms with van der Waals surface area (Å²) in [5.41, 5.74) is 3.82. The third-order valence-corrected chi connectivity index (χ3v) is 3.71. The van der Waals surface area contributed by atoms with Crippen molar-refractivity contribution in [3.63, 3.8) is 0 Å². The Hall–Kier alpha value is -1.87. The second kappa shape index (κ2) is 7.23. The van der Waals surface area contributed by atoms with Gasteiger partial charge in [0.05, 0.1) is 0 Å². The Morgan fingerprint density at radius 1 is 1.14 bits per heavy atom. The lowest BCUT2D eigenvalue weighted by atomic mass is 10.1. The number of pyridine rings is 1. The van der Waals surface area contributed by atoms with Crippen LogP contribution in [0.2, 0.25) is 0 Å². The number of nitrogens with zero attached hydrogens (tertiary/aromatic N) is 2. The molecular weight excluding hydrogens is 258 g/mol. The van der Waals surface area contributed by atoms with Crippen molar-refractivity contribution >= 4 is 5.82 Å². The lowest BCUT2D eigenvalue weighted by Gasteiger charge is -2.19. The molecule has 0 bridgehead atoms. The molecule has 0 fully saturated rings. The van der Waals surface area contributed by atoms with Crippen LogP contribution in [0.15, 0.2) is 42.6 Å². The zero-order valence-corrected chi connectivity index (χ0v) is 13.4. The molecule has 1 aromatic carbocycles. The van der Waals surface area contributed by atoms with Crippen LogP contribution in [0.1, 0.15) is 36.6 Å². The van der Waals surface area contributed by atoms with E-state index in [0.29, 0.717) is 6.04 Å². The van der Waals surface area contributed by atoms with Crippen LogP contribution in [0.4, 0.5) is 5.82 Å². The maximum Gasteiger partial charge on any atom is 0.128 e. The Labute approximate surface area is 128 Å². The van der Waals surface area contributed by atoms with Gasteiger partial charge in [0.2, 0.25) is 0 Å². The van der Waals surface area contributed by atoms with Gasteiger partial charge >= 0.3 is 0 Å². The summed E-state index contributed by atoms with van der Waals surface area (Å²) in [6, 6.07) is 13.2. The van der Waals surface area contributed by atoms with E-state index in [9.17, 15) is 0 Å². The highest BCUT2D eigenvalue weighted by Gasteiger charge is 2.07. The van der Waals surface area contributed by atoms with Crippen LogP contribution in [0.25, 0.3) is 0 Å². The van der Waals surface area contributed by atoms with E-state index in [2.05, 4.69) is 79.4 Å². The maximum absolute atomic E-state index is 4.58. The van der Waals surface area contributed by atoms with Crippen molar-refractivity contribution in [3.05, 3.63) is 59.3 Å². The molecule has 0 aliphatic heterocycles. The van der Waals surface area contributed by atoms with E-state index < -0.39 is 0 Å². The van der Waals surface area contributed by atoms with E-state index in [0.717, 1.165) is 18.9 Å². The molecule has 1 atom stereocenters. The molecule has 3 nitrogen and oxygen atoms in total. The number of rotatable bonds is 6. The Bertz CT molecular complexity index is 546. The van der Waals surface area contributed by atoms with Gasteiger partial charge in [-0.1, -0.05) is 42.8 Å². The average Bonchev–Trinajstić information content (AvgIpc) is 2.50. The van der Waals surface area contributed by atoms with Crippen LogP contribution in [-0.2, 0) is 6.54 Å². The topological polar surface area (TPSA) is 28.2 Å². The molecule has 1 aromatic heterocycles. The van der Waals surface area contributed by atoms with Gasteiger partial charge in [-0.25, -0.2) is 4.98 Å². The molecule has 0 amide bonds. The predicted molar refractivity (Wildman–Crippen MR) is 89.6 cm³/mol. The first-order chi connectivity index (χ1) is 10.1. The summed E-state index contributed by atoms with van der Waals surface area (Å²) in [6.07, 6.45) is 1.97. The third kappa shape index (κ3) is 4.30. The molecule has 3 heteroatoms. The summed E-state index contributed by atoms with van der Waals surface area (Å²) < 4.78 is 0. The molecule has 1 N–H and O–H groups in total. The summed E-state index contributed by atoms with van der Waals surface area (Å²) >= 11 is 0. The number of aromatic nitrogens is 1. The van der Waals surface area contributed by atoms with Crippen LogP contribution in [0.5, 0.6) is 0 Å². The Morgan fingerprint density at radius 2 is 1.86 bits per heavy atom. The molecule has 2 rings (SSSR count). The number of nitrogens with one attached hydrogen (secondary N) is 1. The van der Waals surface area contributed by atoms with Gasteiger partial charge in [-0.05, 0) is 37.6 Å². The predicted octanol–water partition coefficient (Wildman–Crippen LogP) is 3.70. The lowest BCUT2D eigenvalue weighted by molar-refractivity contribution is 0.596. The van der Waals surface area contributed by atoms with Crippen molar-refractivity contribution in [1.29, 1.82) is 0 Å². The van der Waals surface area contributed by atoms with Gasteiger partial charge in [0.1, 0.15) is 5.82 Å². The van der Waals surface area contributed by atoms with Gasteiger partial charge in [0.25, 0.3) is 0 Å². The van der Waals surface area contributed by atoms with Crippen molar-refractivity contribution < 1.29 is 0 Å². The van der Waals surface area contributed by atoms with E-state index in [-0.39, 0.29) is 0 Å². The van der Waals surface area contributed by atoms with Crippen molar-refractivity contribution in [1.82, 2.24) is 10.3 Å². The minimum atomic E-state index is 0.346. The summed E-state index contributed by atoms with van der Waals surface area (Å²) in [5.74, 6) is 1.00. The highest BCUT2D eigenvalue weighted by molar-refractivity contribution is 5.40. The molecule has 0 radical (unpaired) electrons. The number of hydrogen-bond donors (Lipinski definition) is 1. The van der Waals surface area contributed by atoms with Crippen LogP contribution >= 0.6 is 0 Å². The molecule has 0 aliphatic rings. The maximum atomic E-state index is 4.58. The minimum Gasteiger partial charge on any atom is -0.355 e. The van der Waals surface area contributed by atoms with E-state index >= 15 is 0 Å². The van der Waals surface area contributed by atoms with Crippen molar-refractivity contribution in [2.24, 2.45) is 0 Å². The molecular formula is C18H25N3. The number of anilines is 1. The Balaban J connectivity index is 2.02. The van der Waals surface area contributed by atoms with E-state index in [1.165, 1.54) is 16.7 Å². The third-order valence-electron chi connectivity index (χ3n) is 3.71. The summed E-state index contributed by atoms with van der Waals surface area (Å²) in [5, 5.41) is 3.40. The molecule has 0 spiro atoms. The second-order valence-electron chi connectivity index (χ2n) is 5.57. The summed E-state index contributed by atoms with van der Waals surface area (Å²) in [4.78, 5) is 6.75. The van der Waals surface area contributed by atoms with Crippen LogP contribution in [-0.4, -0.2) is 18.6 Å².